The Balaban J connectivity index is 1.62. The minimum atomic E-state index is 0.908. The van der Waals surface area contributed by atoms with Crippen LogP contribution in [0.15, 0.2) is 59.2 Å². The topological polar surface area (TPSA) is 8.17 Å². The van der Waals surface area contributed by atoms with Crippen molar-refractivity contribution in [3.63, 3.8) is 0 Å². The lowest BCUT2D eigenvalue weighted by Gasteiger charge is -2.13. The van der Waals surface area contributed by atoms with Crippen LogP contribution in [0.4, 0.5) is 0 Å². The molecule has 4 rings (SSSR count). The zero-order valence-corrected chi connectivity index (χ0v) is 15.5. The lowest BCUT2D eigenvalue weighted by molar-refractivity contribution is 0.344. The normalized spacial score (nSPS) is 15.4. The molecule has 0 aliphatic carbocycles. The van der Waals surface area contributed by atoms with Crippen molar-refractivity contribution in [2.24, 2.45) is 0 Å². The molecule has 0 unspecified atom stereocenters. The summed E-state index contributed by atoms with van der Waals surface area (Å²) in [5, 5.41) is 1.41. The fourth-order valence-corrected chi connectivity index (χ4v) is 4.16. The maximum Gasteiger partial charge on any atom is 0.0487 e. The van der Waals surface area contributed by atoms with Gasteiger partial charge in [-0.05, 0) is 55.6 Å². The van der Waals surface area contributed by atoms with Crippen LogP contribution in [0.5, 0.6) is 0 Å². The van der Waals surface area contributed by atoms with Crippen molar-refractivity contribution in [1.82, 2.24) is 9.47 Å². The van der Waals surface area contributed by atoms with Crippen LogP contribution in [0, 0.1) is 0 Å². The number of halogens is 1. The van der Waals surface area contributed by atoms with E-state index in [-0.39, 0.29) is 0 Å². The van der Waals surface area contributed by atoms with E-state index in [9.17, 15) is 0 Å². The summed E-state index contributed by atoms with van der Waals surface area (Å²) in [6, 6.07) is 17.3. The highest BCUT2D eigenvalue weighted by Crippen LogP contribution is 2.25. The Bertz CT molecular complexity index is 831. The molecule has 3 heteroatoms. The number of hydrogen-bond acceptors (Lipinski definition) is 1. The molecule has 24 heavy (non-hydrogen) atoms. The van der Waals surface area contributed by atoms with Crippen molar-refractivity contribution in [1.29, 1.82) is 0 Å². The molecule has 0 saturated carbocycles. The summed E-state index contributed by atoms with van der Waals surface area (Å²) >= 11 is 3.68. The van der Waals surface area contributed by atoms with Gasteiger partial charge in [-0.15, -0.1) is 0 Å². The maximum atomic E-state index is 3.68. The molecule has 2 aromatic carbocycles. The van der Waals surface area contributed by atoms with E-state index < -0.39 is 0 Å². The number of likely N-dealkylation sites (tertiary alicyclic amines) is 1. The molecule has 0 spiro atoms. The molecule has 0 amide bonds. The van der Waals surface area contributed by atoms with Crippen molar-refractivity contribution in [2.75, 3.05) is 19.6 Å². The highest BCUT2D eigenvalue weighted by atomic mass is 79.9. The zero-order valence-electron chi connectivity index (χ0n) is 13.9. The van der Waals surface area contributed by atoms with Crippen LogP contribution >= 0.6 is 15.9 Å². The van der Waals surface area contributed by atoms with E-state index in [0.29, 0.717) is 0 Å². The molecule has 1 aliphatic heterocycles. The van der Waals surface area contributed by atoms with Crippen molar-refractivity contribution in [3.05, 3.63) is 70.3 Å². The van der Waals surface area contributed by atoms with Crippen LogP contribution in [0.2, 0.25) is 0 Å². The number of rotatable bonds is 5. The van der Waals surface area contributed by atoms with Crippen LogP contribution in [0.1, 0.15) is 24.0 Å². The van der Waals surface area contributed by atoms with Gasteiger partial charge in [-0.1, -0.05) is 52.3 Å². The van der Waals surface area contributed by atoms with Gasteiger partial charge >= 0.3 is 0 Å². The minimum Gasteiger partial charge on any atom is -0.343 e. The van der Waals surface area contributed by atoms with Crippen LogP contribution in [0.25, 0.3) is 10.9 Å². The molecule has 1 fully saturated rings. The number of aromatic nitrogens is 1. The van der Waals surface area contributed by atoms with Gasteiger partial charge in [-0.3, -0.25) is 0 Å². The van der Waals surface area contributed by atoms with Gasteiger partial charge in [0.1, 0.15) is 0 Å². The van der Waals surface area contributed by atoms with E-state index in [2.05, 4.69) is 80.1 Å². The molecule has 0 atom stereocenters. The largest absolute Gasteiger partial charge is 0.343 e. The standard InChI is InChI=1S/C21H23BrN2/c22-20-9-3-1-7-18(20)16-24-15-17(11-14-23-12-5-6-13-23)19-8-2-4-10-21(19)24/h1-4,7-10,15H,5-6,11-14,16H2. The number of nitrogens with zero attached hydrogens (tertiary/aromatic N) is 2. The smallest absolute Gasteiger partial charge is 0.0487 e. The molecule has 0 bridgehead atoms. The van der Waals surface area contributed by atoms with E-state index in [1.807, 2.05) is 0 Å². The molecule has 1 aromatic heterocycles. The third-order valence-electron chi connectivity index (χ3n) is 5.07. The summed E-state index contributed by atoms with van der Waals surface area (Å²) in [5.41, 5.74) is 4.14. The fourth-order valence-electron chi connectivity index (χ4n) is 3.75. The van der Waals surface area contributed by atoms with Gasteiger partial charge in [-0.2, -0.15) is 0 Å². The fraction of sp³-hybridized carbons (Fsp3) is 0.333. The Labute approximate surface area is 152 Å². The van der Waals surface area contributed by atoms with E-state index in [0.717, 1.165) is 13.0 Å². The van der Waals surface area contributed by atoms with Gasteiger partial charge < -0.3 is 9.47 Å². The molecule has 124 valence electrons. The van der Waals surface area contributed by atoms with Crippen molar-refractivity contribution in [3.8, 4) is 0 Å². The Kier molecular flexibility index (Phi) is 4.72. The second kappa shape index (κ2) is 7.12. The maximum absolute atomic E-state index is 3.68. The Morgan fingerprint density at radius 2 is 1.62 bits per heavy atom. The van der Waals surface area contributed by atoms with E-state index >= 15 is 0 Å². The second-order valence-electron chi connectivity index (χ2n) is 6.69. The highest BCUT2D eigenvalue weighted by molar-refractivity contribution is 9.10. The van der Waals surface area contributed by atoms with Gasteiger partial charge in [0.05, 0.1) is 0 Å². The Hall–Kier alpha value is -1.58. The third-order valence-corrected chi connectivity index (χ3v) is 5.84. The predicted octanol–water partition coefficient (Wildman–Crippen LogP) is 5.09. The van der Waals surface area contributed by atoms with Gasteiger partial charge in [0, 0.05) is 34.7 Å². The van der Waals surface area contributed by atoms with E-state index in [1.54, 1.807) is 0 Å². The second-order valence-corrected chi connectivity index (χ2v) is 7.54. The lowest BCUT2D eigenvalue weighted by atomic mass is 10.1. The molecule has 2 heterocycles. The quantitative estimate of drug-likeness (QED) is 0.596. The third kappa shape index (κ3) is 3.28. The van der Waals surface area contributed by atoms with Crippen molar-refractivity contribution >= 4 is 26.8 Å². The number of hydrogen-bond donors (Lipinski definition) is 0. The average molecular weight is 383 g/mol. The van der Waals surface area contributed by atoms with Gasteiger partial charge in [0.15, 0.2) is 0 Å². The summed E-state index contributed by atoms with van der Waals surface area (Å²) in [5.74, 6) is 0. The predicted molar refractivity (Wildman–Crippen MR) is 105 cm³/mol. The highest BCUT2D eigenvalue weighted by Gasteiger charge is 2.14. The molecular formula is C21H23BrN2. The monoisotopic (exact) mass is 382 g/mol. The first-order valence-electron chi connectivity index (χ1n) is 8.84. The first-order chi connectivity index (χ1) is 11.8. The number of para-hydroxylation sites is 1. The summed E-state index contributed by atoms with van der Waals surface area (Å²) in [7, 11) is 0. The molecule has 1 aliphatic rings. The molecule has 0 N–H and O–H groups in total. The van der Waals surface area contributed by atoms with E-state index in [4.69, 9.17) is 0 Å². The first-order valence-corrected chi connectivity index (χ1v) is 9.63. The van der Waals surface area contributed by atoms with Crippen molar-refractivity contribution in [2.45, 2.75) is 25.8 Å². The summed E-state index contributed by atoms with van der Waals surface area (Å²) in [6.07, 6.45) is 6.23. The Morgan fingerprint density at radius 1 is 0.875 bits per heavy atom. The van der Waals surface area contributed by atoms with E-state index in [1.165, 1.54) is 59.0 Å². The number of benzene rings is 2. The Morgan fingerprint density at radius 3 is 2.46 bits per heavy atom. The summed E-state index contributed by atoms with van der Waals surface area (Å²) in [4.78, 5) is 2.60. The van der Waals surface area contributed by atoms with Crippen LogP contribution < -0.4 is 0 Å². The minimum absolute atomic E-state index is 0.908. The molecule has 2 nitrogen and oxygen atoms in total. The zero-order chi connectivity index (χ0) is 16.4. The van der Waals surface area contributed by atoms with Gasteiger partial charge in [-0.25, -0.2) is 0 Å². The van der Waals surface area contributed by atoms with Gasteiger partial charge in [0.2, 0.25) is 0 Å². The first kappa shape index (κ1) is 15.9. The SMILES string of the molecule is Brc1ccccc1Cn1cc(CCN2CCCC2)c2ccccc21. The summed E-state index contributed by atoms with van der Waals surface area (Å²) < 4.78 is 3.58. The molecular weight excluding hydrogens is 360 g/mol. The molecule has 1 saturated heterocycles. The average Bonchev–Trinajstić information content (AvgIpc) is 3.24. The van der Waals surface area contributed by atoms with Crippen molar-refractivity contribution < 1.29 is 0 Å². The lowest BCUT2D eigenvalue weighted by Crippen LogP contribution is -2.21. The van der Waals surface area contributed by atoms with Crippen LogP contribution in [0.3, 0.4) is 0 Å². The van der Waals surface area contributed by atoms with Gasteiger partial charge in [0.25, 0.3) is 0 Å². The van der Waals surface area contributed by atoms with Crippen LogP contribution in [-0.4, -0.2) is 29.1 Å². The molecule has 3 aromatic rings. The number of fused-ring (bicyclic) bond motifs is 1. The molecule has 0 radical (unpaired) electrons. The van der Waals surface area contributed by atoms with Crippen LogP contribution in [-0.2, 0) is 13.0 Å². The summed E-state index contributed by atoms with van der Waals surface area (Å²) in [6.45, 7) is 4.64.